The van der Waals surface area contributed by atoms with Gasteiger partial charge in [0, 0.05) is 39.2 Å². The Morgan fingerprint density at radius 1 is 1.25 bits per heavy atom. The maximum atomic E-state index is 13.1. The van der Waals surface area contributed by atoms with Crippen LogP contribution in [0.5, 0.6) is 0 Å². The number of ether oxygens (including phenoxy) is 1. The summed E-state index contributed by atoms with van der Waals surface area (Å²) in [5.74, 6) is 0.865. The molecule has 1 aromatic carbocycles. The average Bonchev–Trinajstić information content (AvgIpc) is 3.29. The molecule has 0 radical (unpaired) electrons. The Labute approximate surface area is 141 Å². The van der Waals surface area contributed by atoms with Gasteiger partial charge in [0.05, 0.1) is 12.3 Å². The number of hydrogen-bond donors (Lipinski definition) is 0. The van der Waals surface area contributed by atoms with Crippen LogP contribution in [0.1, 0.15) is 35.7 Å². The van der Waals surface area contributed by atoms with Gasteiger partial charge < -0.3 is 4.74 Å². The summed E-state index contributed by atoms with van der Waals surface area (Å²) in [5, 5.41) is 8.83. The monoisotopic (exact) mass is 330 g/mol. The number of fused-ring (bicyclic) bond motifs is 1. The molecule has 1 aromatic heterocycles. The lowest BCUT2D eigenvalue weighted by atomic mass is 9.98. The van der Waals surface area contributed by atoms with Gasteiger partial charge in [-0.05, 0) is 36.5 Å². The topological polar surface area (TPSA) is 43.2 Å². The summed E-state index contributed by atoms with van der Waals surface area (Å²) < 4.78 is 20.6. The van der Waals surface area contributed by atoms with E-state index >= 15 is 0 Å². The van der Waals surface area contributed by atoms with Gasteiger partial charge in [0.1, 0.15) is 11.5 Å². The Hall–Kier alpha value is -1.79. The lowest BCUT2D eigenvalue weighted by Gasteiger charge is -2.32. The van der Waals surface area contributed by atoms with Crippen molar-refractivity contribution in [3.05, 3.63) is 47.0 Å². The Morgan fingerprint density at radius 2 is 2.04 bits per heavy atom. The summed E-state index contributed by atoms with van der Waals surface area (Å²) in [5.41, 5.74) is 3.42. The fraction of sp³-hybridized carbons (Fsp3) is 0.556. The first-order valence-electron chi connectivity index (χ1n) is 8.61. The molecule has 0 spiro atoms. The molecule has 5 nitrogen and oxygen atoms in total. The first kappa shape index (κ1) is 15.7. The van der Waals surface area contributed by atoms with Crippen LogP contribution in [0.25, 0.3) is 0 Å². The number of benzene rings is 1. The number of halogens is 1. The van der Waals surface area contributed by atoms with Crippen molar-refractivity contribution in [3.8, 4) is 0 Å². The molecule has 0 amide bonds. The maximum absolute atomic E-state index is 13.1. The highest BCUT2D eigenvalue weighted by Gasteiger charge is 2.32. The van der Waals surface area contributed by atoms with E-state index in [9.17, 15) is 4.39 Å². The van der Waals surface area contributed by atoms with E-state index in [4.69, 9.17) is 4.74 Å². The molecule has 0 N–H and O–H groups in total. The van der Waals surface area contributed by atoms with Crippen molar-refractivity contribution >= 4 is 0 Å². The fourth-order valence-corrected chi connectivity index (χ4v) is 3.57. The third kappa shape index (κ3) is 3.35. The average molecular weight is 330 g/mol. The smallest absolute Gasteiger partial charge is 0.123 e. The molecule has 24 heavy (non-hydrogen) atoms. The van der Waals surface area contributed by atoms with Crippen LogP contribution in [0.2, 0.25) is 0 Å². The predicted molar refractivity (Wildman–Crippen MR) is 87.9 cm³/mol. The molecule has 0 saturated heterocycles. The van der Waals surface area contributed by atoms with Crippen molar-refractivity contribution < 1.29 is 9.13 Å². The van der Waals surface area contributed by atoms with Crippen LogP contribution in [0.3, 0.4) is 0 Å². The van der Waals surface area contributed by atoms with E-state index < -0.39 is 0 Å². The highest BCUT2D eigenvalue weighted by molar-refractivity contribution is 5.22. The lowest BCUT2D eigenvalue weighted by Crippen LogP contribution is -2.36. The van der Waals surface area contributed by atoms with Gasteiger partial charge in [0.15, 0.2) is 0 Å². The minimum Gasteiger partial charge on any atom is -0.384 e. The van der Waals surface area contributed by atoms with Crippen molar-refractivity contribution in [3.63, 3.8) is 0 Å². The van der Waals surface area contributed by atoms with Crippen LogP contribution in [-0.2, 0) is 24.4 Å². The van der Waals surface area contributed by atoms with Crippen molar-refractivity contribution in [1.29, 1.82) is 0 Å². The molecular formula is C18H23FN4O. The quantitative estimate of drug-likeness (QED) is 0.816. The van der Waals surface area contributed by atoms with Crippen molar-refractivity contribution in [1.82, 2.24) is 19.9 Å². The molecule has 1 fully saturated rings. The van der Waals surface area contributed by atoms with Crippen LogP contribution in [0.4, 0.5) is 4.39 Å². The van der Waals surface area contributed by atoms with Crippen molar-refractivity contribution in [2.75, 3.05) is 20.3 Å². The van der Waals surface area contributed by atoms with Crippen LogP contribution in [-0.4, -0.2) is 40.2 Å². The molecule has 1 saturated carbocycles. The maximum Gasteiger partial charge on any atom is 0.123 e. The molecule has 2 aliphatic rings. The first-order chi connectivity index (χ1) is 11.7. The highest BCUT2D eigenvalue weighted by atomic mass is 19.1. The Morgan fingerprint density at radius 3 is 2.75 bits per heavy atom. The Bertz CT molecular complexity index is 696. The van der Waals surface area contributed by atoms with Crippen molar-refractivity contribution in [2.45, 2.75) is 38.4 Å². The van der Waals surface area contributed by atoms with E-state index in [0.717, 1.165) is 43.4 Å². The van der Waals surface area contributed by atoms with Gasteiger partial charge in [-0.25, -0.2) is 9.07 Å². The second kappa shape index (κ2) is 6.61. The summed E-state index contributed by atoms with van der Waals surface area (Å²) in [4.78, 5) is 2.34. The molecule has 1 atom stereocenters. The second-order valence-electron chi connectivity index (χ2n) is 7.00. The minimum absolute atomic E-state index is 0.194. The minimum atomic E-state index is -0.194. The predicted octanol–water partition coefficient (Wildman–Crippen LogP) is 2.57. The van der Waals surface area contributed by atoms with Gasteiger partial charge in [0.25, 0.3) is 0 Å². The van der Waals surface area contributed by atoms with Gasteiger partial charge in [0.2, 0.25) is 0 Å². The van der Waals surface area contributed by atoms with Gasteiger partial charge in [-0.2, -0.15) is 0 Å². The number of methoxy groups -OCH3 is 1. The largest absolute Gasteiger partial charge is 0.384 e. The van der Waals surface area contributed by atoms with E-state index in [0.29, 0.717) is 6.61 Å². The zero-order valence-electron chi connectivity index (χ0n) is 14.0. The standard InChI is InChI=1S/C18H23FN4O/c1-24-12-15-10-22(8-13-4-6-16(19)7-5-13)11-17-18(15)23(21-20-17)9-14-2-3-14/h4-7,14-15H,2-3,8-12H2,1H3/t15-/m1/s1. The molecule has 0 unspecified atom stereocenters. The van der Waals surface area contributed by atoms with Gasteiger partial charge >= 0.3 is 0 Å². The number of rotatable bonds is 6. The second-order valence-corrected chi connectivity index (χ2v) is 7.00. The van der Waals surface area contributed by atoms with Crippen LogP contribution >= 0.6 is 0 Å². The van der Waals surface area contributed by atoms with Crippen LogP contribution in [0.15, 0.2) is 24.3 Å². The molecule has 1 aliphatic carbocycles. The molecule has 2 aromatic rings. The van der Waals surface area contributed by atoms with Crippen LogP contribution < -0.4 is 0 Å². The summed E-state index contributed by atoms with van der Waals surface area (Å²) >= 11 is 0. The molecule has 1 aliphatic heterocycles. The zero-order chi connectivity index (χ0) is 16.5. The van der Waals surface area contributed by atoms with Gasteiger partial charge in [-0.15, -0.1) is 5.10 Å². The van der Waals surface area contributed by atoms with Crippen molar-refractivity contribution in [2.24, 2.45) is 5.92 Å². The SMILES string of the molecule is COC[C@H]1CN(Cc2ccc(F)cc2)Cc2nnn(CC3CC3)c21. The molecule has 4 rings (SSSR count). The third-order valence-corrected chi connectivity index (χ3v) is 4.90. The Balaban J connectivity index is 1.53. The normalized spacial score (nSPS) is 21.0. The van der Waals surface area contributed by atoms with Crippen LogP contribution in [0, 0.1) is 11.7 Å². The Kier molecular flexibility index (Phi) is 4.33. The number of aromatic nitrogens is 3. The van der Waals surface area contributed by atoms with E-state index in [1.165, 1.54) is 30.7 Å². The number of hydrogen-bond acceptors (Lipinski definition) is 4. The van der Waals surface area contributed by atoms with Gasteiger partial charge in [-0.3, -0.25) is 4.90 Å². The summed E-state index contributed by atoms with van der Waals surface area (Å²) in [6.07, 6.45) is 2.61. The van der Waals surface area contributed by atoms with E-state index in [1.807, 2.05) is 12.1 Å². The zero-order valence-corrected chi connectivity index (χ0v) is 14.0. The van der Waals surface area contributed by atoms with E-state index in [1.54, 1.807) is 7.11 Å². The fourth-order valence-electron chi connectivity index (χ4n) is 3.57. The molecule has 6 heteroatoms. The molecular weight excluding hydrogens is 307 g/mol. The lowest BCUT2D eigenvalue weighted by molar-refractivity contribution is 0.131. The third-order valence-electron chi connectivity index (χ3n) is 4.90. The molecule has 128 valence electrons. The number of nitrogens with zero attached hydrogens (tertiary/aromatic N) is 4. The van der Waals surface area contributed by atoms with Gasteiger partial charge in [-0.1, -0.05) is 17.3 Å². The van der Waals surface area contributed by atoms with E-state index in [-0.39, 0.29) is 11.7 Å². The first-order valence-corrected chi connectivity index (χ1v) is 8.61. The molecule has 2 heterocycles. The molecule has 0 bridgehead atoms. The summed E-state index contributed by atoms with van der Waals surface area (Å²) in [6, 6.07) is 6.73. The highest BCUT2D eigenvalue weighted by Crippen LogP contribution is 2.34. The summed E-state index contributed by atoms with van der Waals surface area (Å²) in [6.45, 7) is 4.15. The summed E-state index contributed by atoms with van der Waals surface area (Å²) in [7, 11) is 1.74. The van der Waals surface area contributed by atoms with E-state index in [2.05, 4.69) is 19.9 Å².